The molecule has 16 aliphatic rings. The number of nitrogens with one attached hydrogen (secondary N) is 10. The summed E-state index contributed by atoms with van der Waals surface area (Å²) in [6.07, 6.45) is 30.5. The molecule has 16 saturated heterocycles. The van der Waals surface area contributed by atoms with Gasteiger partial charge in [0.05, 0.1) is 72.7 Å². The molecule has 0 bridgehead atoms. The molecule has 21 nitrogen and oxygen atoms in total. The van der Waals surface area contributed by atoms with Crippen LogP contribution in [0.4, 0.5) is 0 Å². The van der Waals surface area contributed by atoms with Crippen LogP contribution in [0.15, 0.2) is 0 Å². The van der Waals surface area contributed by atoms with E-state index in [0.717, 1.165) is 191 Å². The van der Waals surface area contributed by atoms with E-state index in [4.69, 9.17) is 52.1 Å². The summed E-state index contributed by atoms with van der Waals surface area (Å²) in [5, 5.41) is 32.4. The number of morpholine rings is 1. The molecule has 0 aliphatic carbocycles. The van der Waals surface area contributed by atoms with Crippen molar-refractivity contribution >= 4 is 35.3 Å². The van der Waals surface area contributed by atoms with Crippen molar-refractivity contribution in [3.8, 4) is 0 Å². The van der Waals surface area contributed by atoms with Gasteiger partial charge in [0.25, 0.3) is 0 Å². The zero-order valence-electron chi connectivity index (χ0n) is 60.9. The average Bonchev–Trinajstić information content (AvgIpc) is 3.91. The number of piperidine rings is 2. The van der Waals surface area contributed by atoms with Crippen molar-refractivity contribution in [1.29, 1.82) is 0 Å². The number of ether oxygens (including phenoxy) is 11. The van der Waals surface area contributed by atoms with Crippen molar-refractivity contribution in [2.24, 2.45) is 0 Å². The van der Waals surface area contributed by atoms with E-state index in [2.05, 4.69) is 64.9 Å². The molecule has 0 aromatic rings. The molecule has 0 spiro atoms. The summed E-state index contributed by atoms with van der Waals surface area (Å²) in [5.41, 5.74) is 0. The standard InChI is InChI=1S/C6H12O.C5H12N2.C5H11NO.C5H11NS.2C5H11N.C5H10O2.C5H10O.C4H9NO.C4H9NS.C4H9N.C4H8O2.C4H8OS.C4H8O.C3H7N.C3H6O/c1-2-4-6-7-5-3-1;1-2-6-4-5-7-3-1;2*1-2-6-3-5-7-4-1;2*1-2-4-6-5-3-1;1-2-6-4-5-7-3-1;1-2-4-6-5-3-1;2*1-3-6-4-2-5-1;1-2-4-5-3-1;1-2-6-4-3-5-1;1-3-6-4-2-5-1;1-2-4-5-3-1;2*1-2-4-3-1/h1-6H2;6-7H,1-5H2;2*6H,1-5H2;2*6H,1-5H2;1-5H2;1-5H2;2*5H,1-4H2;5H,1-4H2;2*1-4H2;1-4H2;4H,1-3H2;1-3H2. The third kappa shape index (κ3) is 88.4. The molecule has 16 fully saturated rings. The van der Waals surface area contributed by atoms with E-state index < -0.39 is 0 Å². The molecule has 0 radical (unpaired) electrons. The summed E-state index contributed by atoms with van der Waals surface area (Å²) in [5.74, 6) is 7.66. The van der Waals surface area contributed by atoms with Gasteiger partial charge in [-0.1, -0.05) is 25.7 Å². The van der Waals surface area contributed by atoms with E-state index in [1.807, 2.05) is 23.5 Å². The van der Waals surface area contributed by atoms with Crippen LogP contribution in [-0.2, 0) is 52.1 Å². The molecule has 0 amide bonds. The van der Waals surface area contributed by atoms with Crippen molar-refractivity contribution in [2.75, 3.05) is 311 Å². The summed E-state index contributed by atoms with van der Waals surface area (Å²) < 4.78 is 55.1. The summed E-state index contributed by atoms with van der Waals surface area (Å²) in [6.45, 7) is 43.7. The molecule has 570 valence electrons. The van der Waals surface area contributed by atoms with Crippen LogP contribution in [0.1, 0.15) is 148 Å². The first-order valence-corrected chi connectivity index (χ1v) is 42.1. The molecule has 24 heteroatoms. The Morgan fingerprint density at radius 3 is 0.663 bits per heavy atom. The smallest absolute Gasteiger partial charge is 0.0701 e. The zero-order chi connectivity index (χ0) is 67.2. The zero-order valence-corrected chi connectivity index (χ0v) is 63.4. The van der Waals surface area contributed by atoms with E-state index >= 15 is 0 Å². The number of hydrogen-bond donors (Lipinski definition) is 10. The largest absolute Gasteiger partial charge is 0.381 e. The second-order valence-corrected chi connectivity index (χ2v) is 27.9. The van der Waals surface area contributed by atoms with Crippen molar-refractivity contribution in [2.45, 2.75) is 148 Å². The maximum atomic E-state index is 5.19. The van der Waals surface area contributed by atoms with Crippen LogP contribution < -0.4 is 53.2 Å². The van der Waals surface area contributed by atoms with E-state index in [9.17, 15) is 0 Å². The van der Waals surface area contributed by atoms with E-state index in [0.29, 0.717) is 0 Å². The fraction of sp³-hybridized carbons (Fsp3) is 1.00. The highest BCUT2D eigenvalue weighted by molar-refractivity contribution is 7.99. The summed E-state index contributed by atoms with van der Waals surface area (Å²) in [6, 6.07) is 0. The van der Waals surface area contributed by atoms with Gasteiger partial charge in [-0.05, 0) is 206 Å². The molecule has 0 atom stereocenters. The Kier molecular flexibility index (Phi) is 88.6. The predicted molar refractivity (Wildman–Crippen MR) is 406 cm³/mol. The lowest BCUT2D eigenvalue weighted by molar-refractivity contribution is -0.0334. The lowest BCUT2D eigenvalue weighted by atomic mass is 10.2. The van der Waals surface area contributed by atoms with Gasteiger partial charge in [0, 0.05) is 154 Å². The van der Waals surface area contributed by atoms with Gasteiger partial charge in [0.1, 0.15) is 0 Å². The van der Waals surface area contributed by atoms with Crippen molar-refractivity contribution < 1.29 is 52.1 Å². The summed E-state index contributed by atoms with van der Waals surface area (Å²) >= 11 is 6.06. The molecule has 16 heterocycles. The summed E-state index contributed by atoms with van der Waals surface area (Å²) in [7, 11) is 0. The van der Waals surface area contributed by atoms with Gasteiger partial charge < -0.3 is 105 Å². The first-order valence-electron chi connectivity index (χ1n) is 38.7. The number of thioether (sulfide) groups is 3. The quantitative estimate of drug-likeness (QED) is 0.115. The van der Waals surface area contributed by atoms with Crippen LogP contribution in [0, 0.1) is 0 Å². The van der Waals surface area contributed by atoms with Crippen LogP contribution >= 0.6 is 35.3 Å². The van der Waals surface area contributed by atoms with Crippen molar-refractivity contribution in [3.63, 3.8) is 0 Å². The minimum Gasteiger partial charge on any atom is -0.381 e. The Morgan fingerprint density at radius 1 is 0.116 bits per heavy atom. The highest BCUT2D eigenvalue weighted by atomic mass is 32.2. The monoisotopic (exact) mass is 1420 g/mol. The fourth-order valence-electron chi connectivity index (χ4n) is 9.21. The first kappa shape index (κ1) is 93.2. The van der Waals surface area contributed by atoms with Crippen LogP contribution in [0.2, 0.25) is 0 Å². The van der Waals surface area contributed by atoms with E-state index in [1.54, 1.807) is 0 Å². The van der Waals surface area contributed by atoms with Gasteiger partial charge in [-0.15, -0.1) is 0 Å². The Morgan fingerprint density at radius 2 is 0.337 bits per heavy atom. The molecular weight excluding hydrogens is 1270 g/mol. The first-order chi connectivity index (χ1) is 47.5. The van der Waals surface area contributed by atoms with Crippen LogP contribution in [0.3, 0.4) is 0 Å². The predicted octanol–water partition coefficient (Wildman–Crippen LogP) is 7.25. The maximum absolute atomic E-state index is 5.19. The van der Waals surface area contributed by atoms with E-state index in [1.165, 1.54) is 267 Å². The molecule has 0 saturated carbocycles. The third-order valence-corrected chi connectivity index (χ3v) is 18.3. The van der Waals surface area contributed by atoms with Crippen LogP contribution in [0.5, 0.6) is 0 Å². The lowest BCUT2D eigenvalue weighted by Crippen LogP contribution is -2.30. The van der Waals surface area contributed by atoms with E-state index in [-0.39, 0.29) is 0 Å². The van der Waals surface area contributed by atoms with Gasteiger partial charge in [0.15, 0.2) is 0 Å². The molecular formula is C71H152N10O11S3. The Labute approximate surface area is 595 Å². The fourth-order valence-corrected chi connectivity index (χ4v) is 11.5. The second kappa shape index (κ2) is 90.3. The molecule has 0 aromatic heterocycles. The average molecular weight is 1420 g/mol. The molecule has 16 rings (SSSR count). The lowest BCUT2D eigenvalue weighted by Gasteiger charge is -2.10. The SMILES string of the molecule is C1CCCOCC1.C1CCNC1.C1CCNCC1.C1CCNCC1.C1CCOC1.C1CCOCC1.C1CNC1.C1CNCCNC1.C1CNCCOC1.C1CNCCSC1.C1COC1.C1COCCN1.C1COCCO1.C1COCCOC1.C1CSCCN1.C1CSCCO1. The molecule has 0 unspecified atom stereocenters. The Bertz CT molecular complexity index is 897. The van der Waals surface area contributed by atoms with Gasteiger partial charge in [-0.2, -0.15) is 35.3 Å². The Hall–Kier alpha value is 0.210. The van der Waals surface area contributed by atoms with Crippen molar-refractivity contribution in [1.82, 2.24) is 53.2 Å². The Balaban J connectivity index is 0.000000508. The highest BCUT2D eigenvalue weighted by Crippen LogP contribution is 2.07. The van der Waals surface area contributed by atoms with Crippen LogP contribution in [-0.4, -0.2) is 311 Å². The number of rotatable bonds is 0. The normalized spacial score (nSPS) is 24.0. The topological polar surface area (TPSA) is 222 Å². The van der Waals surface area contributed by atoms with Crippen LogP contribution in [0.25, 0.3) is 0 Å². The minimum atomic E-state index is 0.778. The van der Waals surface area contributed by atoms with Gasteiger partial charge in [-0.3, -0.25) is 0 Å². The second-order valence-electron chi connectivity index (χ2n) is 24.2. The molecule has 0 aromatic carbocycles. The van der Waals surface area contributed by atoms with Gasteiger partial charge >= 0.3 is 0 Å². The van der Waals surface area contributed by atoms with Crippen molar-refractivity contribution in [3.05, 3.63) is 0 Å². The summed E-state index contributed by atoms with van der Waals surface area (Å²) in [4.78, 5) is 0. The molecule has 16 aliphatic heterocycles. The number of hydrogen-bond acceptors (Lipinski definition) is 24. The van der Waals surface area contributed by atoms with Gasteiger partial charge in [-0.25, -0.2) is 0 Å². The highest BCUT2D eigenvalue weighted by Gasteiger charge is 2.02. The minimum absolute atomic E-state index is 0.778. The third-order valence-electron chi connectivity index (χ3n) is 15.3. The molecule has 95 heavy (non-hydrogen) atoms. The maximum Gasteiger partial charge on any atom is 0.0701 e. The molecule has 10 N–H and O–H groups in total. The van der Waals surface area contributed by atoms with Gasteiger partial charge in [0.2, 0.25) is 0 Å².